The van der Waals surface area contributed by atoms with E-state index in [1.165, 1.54) is 5.56 Å². The van der Waals surface area contributed by atoms with Gasteiger partial charge in [-0.25, -0.2) is 0 Å². The standard InChI is InChI=1S/C23H28BrN3O3S/c1-14(2)16-8-11-19(18(24)12-16)30-13-20(28)26-27-22(31)25-21(29)15-6-9-17(10-7-15)23(3,4)5/h6-12,14H,13H2,1-5H3,(H,26,28)(H2,25,27,29,31). The molecule has 8 heteroatoms. The minimum absolute atomic E-state index is 0.00423. The second-order valence-corrected chi connectivity index (χ2v) is 9.68. The van der Waals surface area contributed by atoms with Crippen molar-refractivity contribution in [2.75, 3.05) is 6.61 Å². The quantitative estimate of drug-likeness (QED) is 0.409. The van der Waals surface area contributed by atoms with Crippen molar-refractivity contribution < 1.29 is 14.3 Å². The molecule has 0 radical (unpaired) electrons. The highest BCUT2D eigenvalue weighted by molar-refractivity contribution is 9.10. The minimum Gasteiger partial charge on any atom is -0.483 e. The largest absolute Gasteiger partial charge is 0.483 e. The van der Waals surface area contributed by atoms with E-state index in [-0.39, 0.29) is 23.0 Å². The minimum atomic E-state index is -0.439. The summed E-state index contributed by atoms with van der Waals surface area (Å²) in [5, 5.41) is 2.51. The Morgan fingerprint density at radius 1 is 1.06 bits per heavy atom. The van der Waals surface area contributed by atoms with Gasteiger partial charge in [-0.3, -0.25) is 25.8 Å². The maximum absolute atomic E-state index is 12.3. The fraction of sp³-hybridized carbons (Fsp3) is 0.348. The Morgan fingerprint density at radius 3 is 2.26 bits per heavy atom. The number of thiocarbonyl (C=S) groups is 1. The van der Waals surface area contributed by atoms with Gasteiger partial charge in [-0.05, 0) is 74.9 Å². The summed E-state index contributed by atoms with van der Waals surface area (Å²) in [6.45, 7) is 10.3. The van der Waals surface area contributed by atoms with Crippen LogP contribution in [0.1, 0.15) is 62.0 Å². The summed E-state index contributed by atoms with van der Waals surface area (Å²) in [6, 6.07) is 13.1. The molecule has 6 nitrogen and oxygen atoms in total. The van der Waals surface area contributed by atoms with Gasteiger partial charge in [0.25, 0.3) is 11.8 Å². The highest BCUT2D eigenvalue weighted by Crippen LogP contribution is 2.28. The molecule has 166 valence electrons. The van der Waals surface area contributed by atoms with Crippen LogP contribution in [0.5, 0.6) is 5.75 Å². The van der Waals surface area contributed by atoms with Crippen LogP contribution >= 0.6 is 28.1 Å². The molecule has 0 bridgehead atoms. The normalized spacial score (nSPS) is 11.1. The SMILES string of the molecule is CC(C)c1ccc(OCC(=O)NNC(=S)NC(=O)c2ccc(C(C)(C)C)cc2)c(Br)c1. The number of benzene rings is 2. The van der Waals surface area contributed by atoms with Crippen molar-refractivity contribution in [2.24, 2.45) is 0 Å². The monoisotopic (exact) mass is 505 g/mol. The zero-order chi connectivity index (χ0) is 23.2. The van der Waals surface area contributed by atoms with Crippen LogP contribution in [0.25, 0.3) is 0 Å². The highest BCUT2D eigenvalue weighted by atomic mass is 79.9. The first-order valence-corrected chi connectivity index (χ1v) is 11.1. The second-order valence-electron chi connectivity index (χ2n) is 8.42. The summed E-state index contributed by atoms with van der Waals surface area (Å²) < 4.78 is 6.30. The van der Waals surface area contributed by atoms with Gasteiger partial charge in [0.15, 0.2) is 11.7 Å². The summed E-state index contributed by atoms with van der Waals surface area (Å²) in [5.74, 6) is 0.156. The van der Waals surface area contributed by atoms with Crippen LogP contribution in [0, 0.1) is 0 Å². The fourth-order valence-corrected chi connectivity index (χ4v) is 3.28. The predicted octanol–water partition coefficient (Wildman–Crippen LogP) is 4.58. The van der Waals surface area contributed by atoms with Gasteiger partial charge in [0.1, 0.15) is 5.75 Å². The molecular formula is C23H28BrN3O3S. The number of carbonyl (C=O) groups is 2. The average Bonchev–Trinajstić information content (AvgIpc) is 2.70. The molecule has 0 aliphatic heterocycles. The van der Waals surface area contributed by atoms with Crippen molar-refractivity contribution in [1.29, 1.82) is 0 Å². The number of amides is 2. The van der Waals surface area contributed by atoms with Crippen LogP contribution in [0.2, 0.25) is 0 Å². The first kappa shape index (κ1) is 24.8. The van der Waals surface area contributed by atoms with Gasteiger partial charge in [0.2, 0.25) is 0 Å². The lowest BCUT2D eigenvalue weighted by molar-refractivity contribution is -0.123. The molecule has 0 saturated carbocycles. The van der Waals surface area contributed by atoms with Gasteiger partial charge < -0.3 is 4.74 Å². The van der Waals surface area contributed by atoms with Crippen molar-refractivity contribution in [3.8, 4) is 5.75 Å². The molecular weight excluding hydrogens is 478 g/mol. The third-order valence-electron chi connectivity index (χ3n) is 4.54. The molecule has 2 aromatic carbocycles. The van der Waals surface area contributed by atoms with Crippen molar-refractivity contribution in [3.05, 3.63) is 63.6 Å². The molecule has 0 spiro atoms. The lowest BCUT2D eigenvalue weighted by Gasteiger charge is -2.19. The Bertz CT molecular complexity index is 954. The summed E-state index contributed by atoms with van der Waals surface area (Å²) in [7, 11) is 0. The van der Waals surface area contributed by atoms with Crippen molar-refractivity contribution >= 4 is 45.1 Å². The molecule has 0 saturated heterocycles. The fourth-order valence-electron chi connectivity index (χ4n) is 2.63. The van der Waals surface area contributed by atoms with E-state index in [1.54, 1.807) is 12.1 Å². The van der Waals surface area contributed by atoms with Gasteiger partial charge in [-0.2, -0.15) is 0 Å². The number of hydrazine groups is 1. The number of halogens is 1. The molecule has 0 aromatic heterocycles. The number of hydrogen-bond donors (Lipinski definition) is 3. The van der Waals surface area contributed by atoms with Gasteiger partial charge in [-0.15, -0.1) is 0 Å². The van der Waals surface area contributed by atoms with Gasteiger partial charge in [0, 0.05) is 5.56 Å². The number of rotatable bonds is 5. The lowest BCUT2D eigenvalue weighted by atomic mass is 9.87. The number of ether oxygens (including phenoxy) is 1. The summed E-state index contributed by atoms with van der Waals surface area (Å²) in [6.07, 6.45) is 0. The number of nitrogens with one attached hydrogen (secondary N) is 3. The summed E-state index contributed by atoms with van der Waals surface area (Å²) >= 11 is 8.52. The first-order chi connectivity index (χ1) is 14.5. The topological polar surface area (TPSA) is 79.5 Å². The number of hydrogen-bond acceptors (Lipinski definition) is 4. The maximum atomic E-state index is 12.3. The van der Waals surface area contributed by atoms with Crippen molar-refractivity contribution in [3.63, 3.8) is 0 Å². The third kappa shape index (κ3) is 7.63. The zero-order valence-corrected chi connectivity index (χ0v) is 20.7. The van der Waals surface area contributed by atoms with Crippen LogP contribution in [0.4, 0.5) is 0 Å². The molecule has 0 atom stereocenters. The molecule has 2 rings (SSSR count). The Balaban J connectivity index is 1.79. The van der Waals surface area contributed by atoms with Crippen LogP contribution in [-0.2, 0) is 10.2 Å². The number of carbonyl (C=O) groups excluding carboxylic acids is 2. The Labute approximate surface area is 197 Å². The van der Waals surface area contributed by atoms with Gasteiger partial charge >= 0.3 is 0 Å². The molecule has 2 aromatic rings. The maximum Gasteiger partial charge on any atom is 0.276 e. The van der Waals surface area contributed by atoms with E-state index in [1.807, 2.05) is 30.3 Å². The molecule has 2 amide bonds. The summed E-state index contributed by atoms with van der Waals surface area (Å²) in [4.78, 5) is 24.3. The van der Waals surface area contributed by atoms with Gasteiger partial charge in [0.05, 0.1) is 4.47 Å². The van der Waals surface area contributed by atoms with Crippen molar-refractivity contribution in [1.82, 2.24) is 16.2 Å². The Kier molecular flexibility index (Phi) is 8.59. The van der Waals surface area contributed by atoms with Crippen LogP contribution in [0.15, 0.2) is 46.9 Å². The second kappa shape index (κ2) is 10.7. The molecule has 0 heterocycles. The van der Waals surface area contributed by atoms with E-state index < -0.39 is 5.91 Å². The van der Waals surface area contributed by atoms with E-state index in [0.717, 1.165) is 10.0 Å². The summed E-state index contributed by atoms with van der Waals surface area (Å²) in [5.41, 5.74) is 7.68. The van der Waals surface area contributed by atoms with E-state index in [9.17, 15) is 9.59 Å². The Morgan fingerprint density at radius 2 is 1.71 bits per heavy atom. The first-order valence-electron chi connectivity index (χ1n) is 9.90. The average molecular weight is 506 g/mol. The Hall–Kier alpha value is -2.45. The van der Waals surface area contributed by atoms with Crippen LogP contribution in [0.3, 0.4) is 0 Å². The van der Waals surface area contributed by atoms with Crippen LogP contribution in [-0.4, -0.2) is 23.5 Å². The van der Waals surface area contributed by atoms with Gasteiger partial charge in [-0.1, -0.05) is 52.8 Å². The molecule has 0 unspecified atom stereocenters. The molecule has 0 fully saturated rings. The van der Waals surface area contributed by atoms with E-state index >= 15 is 0 Å². The van der Waals surface area contributed by atoms with E-state index in [2.05, 4.69) is 66.7 Å². The predicted molar refractivity (Wildman–Crippen MR) is 130 cm³/mol. The lowest BCUT2D eigenvalue weighted by Crippen LogP contribution is -2.49. The third-order valence-corrected chi connectivity index (χ3v) is 5.36. The molecule has 0 aliphatic carbocycles. The highest BCUT2D eigenvalue weighted by Gasteiger charge is 2.15. The zero-order valence-electron chi connectivity index (χ0n) is 18.3. The van der Waals surface area contributed by atoms with Crippen LogP contribution < -0.4 is 20.9 Å². The van der Waals surface area contributed by atoms with Crippen molar-refractivity contribution in [2.45, 2.75) is 46.0 Å². The van der Waals surface area contributed by atoms with E-state index in [4.69, 9.17) is 17.0 Å². The molecule has 3 N–H and O–H groups in total. The smallest absolute Gasteiger partial charge is 0.276 e. The molecule has 31 heavy (non-hydrogen) atoms. The van der Waals surface area contributed by atoms with E-state index in [0.29, 0.717) is 17.2 Å². The molecule has 0 aliphatic rings.